The minimum atomic E-state index is -4.02. The van der Waals surface area contributed by atoms with Crippen LogP contribution in [0.4, 0.5) is 8.78 Å². The third-order valence-corrected chi connectivity index (χ3v) is 4.12. The number of benzene rings is 3. The molecule has 0 bridgehead atoms. The fourth-order valence-electron chi connectivity index (χ4n) is 2.57. The summed E-state index contributed by atoms with van der Waals surface area (Å²) in [5.41, 5.74) is 0.600. The average molecular weight is 366 g/mol. The van der Waals surface area contributed by atoms with Crippen LogP contribution >= 0.6 is 12.0 Å². The maximum absolute atomic E-state index is 13.4. The minimum Gasteiger partial charge on any atom is -0.456 e. The molecule has 3 rings (SSSR count). The quantitative estimate of drug-likeness (QED) is 0.224. The van der Waals surface area contributed by atoms with Crippen LogP contribution in [-0.2, 0) is 25.5 Å². The molecule has 0 aliphatic carbocycles. The van der Waals surface area contributed by atoms with Crippen molar-refractivity contribution in [1.82, 2.24) is 0 Å². The van der Waals surface area contributed by atoms with Crippen LogP contribution < -0.4 is 0 Å². The van der Waals surface area contributed by atoms with E-state index in [2.05, 4.69) is 9.37 Å². The average Bonchev–Trinajstić information content (AvgIpc) is 2.64. The van der Waals surface area contributed by atoms with Crippen molar-refractivity contribution in [1.29, 1.82) is 0 Å². The van der Waals surface area contributed by atoms with Gasteiger partial charge in [-0.1, -0.05) is 53.6 Å². The van der Waals surface area contributed by atoms with E-state index in [1.54, 1.807) is 6.07 Å². The van der Waals surface area contributed by atoms with Crippen molar-refractivity contribution in [2.45, 2.75) is 11.9 Å². The van der Waals surface area contributed by atoms with Crippen LogP contribution in [0.2, 0.25) is 0 Å². The first kappa shape index (κ1) is 17.6. The SMILES string of the molecule is O=C(OCc1cc2ccccc2c2ccccc12)C(F)(F)SOOO. The Hall–Kier alpha value is -2.26. The van der Waals surface area contributed by atoms with Gasteiger partial charge in [-0.3, -0.25) is 0 Å². The molecular weight excluding hydrogens is 354 g/mol. The van der Waals surface area contributed by atoms with Gasteiger partial charge in [0.1, 0.15) is 18.6 Å². The summed E-state index contributed by atoms with van der Waals surface area (Å²) >= 11 is -0.652. The molecule has 1 N–H and O–H groups in total. The van der Waals surface area contributed by atoms with E-state index in [-0.39, 0.29) is 6.61 Å². The highest BCUT2D eigenvalue weighted by molar-refractivity contribution is 7.96. The van der Waals surface area contributed by atoms with Gasteiger partial charge in [-0.25, -0.2) is 10.1 Å². The number of rotatable bonds is 6. The molecule has 0 saturated carbocycles. The lowest BCUT2D eigenvalue weighted by Crippen LogP contribution is -2.27. The van der Waals surface area contributed by atoms with Gasteiger partial charge in [-0.2, -0.15) is 8.78 Å². The number of carbonyl (C=O) groups excluding carboxylic acids is 1. The van der Waals surface area contributed by atoms with Crippen molar-refractivity contribution in [2.75, 3.05) is 0 Å². The number of carbonyl (C=O) groups is 1. The van der Waals surface area contributed by atoms with Gasteiger partial charge in [0.25, 0.3) is 0 Å². The van der Waals surface area contributed by atoms with E-state index in [1.807, 2.05) is 48.5 Å². The van der Waals surface area contributed by atoms with Crippen molar-refractivity contribution in [3.63, 3.8) is 0 Å². The molecule has 0 aliphatic rings. The molecule has 3 aromatic carbocycles. The molecule has 0 saturated heterocycles. The van der Waals surface area contributed by atoms with Crippen molar-refractivity contribution in [2.24, 2.45) is 0 Å². The number of fused-ring (bicyclic) bond motifs is 3. The predicted molar refractivity (Wildman–Crippen MR) is 88.6 cm³/mol. The fraction of sp³-hybridized carbons (Fsp3) is 0.118. The summed E-state index contributed by atoms with van der Waals surface area (Å²) in [5.74, 6) is -1.80. The first-order chi connectivity index (χ1) is 12.0. The molecule has 8 heteroatoms. The van der Waals surface area contributed by atoms with E-state index in [9.17, 15) is 13.6 Å². The van der Waals surface area contributed by atoms with Crippen LogP contribution in [0.3, 0.4) is 0 Å². The van der Waals surface area contributed by atoms with E-state index in [0.29, 0.717) is 5.56 Å². The van der Waals surface area contributed by atoms with Crippen molar-refractivity contribution in [3.8, 4) is 0 Å². The summed E-state index contributed by atoms with van der Waals surface area (Å²) in [4.78, 5) is 11.5. The molecule has 0 fully saturated rings. The van der Waals surface area contributed by atoms with Crippen LogP contribution in [-0.4, -0.2) is 16.5 Å². The van der Waals surface area contributed by atoms with Crippen LogP contribution in [0, 0.1) is 0 Å². The fourth-order valence-corrected chi connectivity index (χ4v) is 2.81. The van der Waals surface area contributed by atoms with Gasteiger partial charge < -0.3 is 4.74 Å². The van der Waals surface area contributed by atoms with Gasteiger partial charge in [0.05, 0.1) is 0 Å². The summed E-state index contributed by atoms with van der Waals surface area (Å²) in [5, 5.41) is 10.6. The topological polar surface area (TPSA) is 65.0 Å². The zero-order valence-electron chi connectivity index (χ0n) is 12.6. The third kappa shape index (κ3) is 3.72. The zero-order valence-corrected chi connectivity index (χ0v) is 13.5. The van der Waals surface area contributed by atoms with E-state index < -0.39 is 23.3 Å². The van der Waals surface area contributed by atoms with Gasteiger partial charge in [-0.05, 0) is 33.2 Å². The van der Waals surface area contributed by atoms with Gasteiger partial charge in [-0.15, -0.1) is 4.33 Å². The highest BCUT2D eigenvalue weighted by Crippen LogP contribution is 2.33. The Kier molecular flexibility index (Phi) is 5.14. The van der Waals surface area contributed by atoms with Gasteiger partial charge in [0.15, 0.2) is 0 Å². The van der Waals surface area contributed by atoms with Gasteiger partial charge >= 0.3 is 11.2 Å². The number of ether oxygens (including phenoxy) is 1. The first-order valence-corrected chi connectivity index (χ1v) is 7.87. The molecule has 0 aliphatic heterocycles. The molecule has 5 nitrogen and oxygen atoms in total. The summed E-state index contributed by atoms with van der Waals surface area (Å²) in [6.07, 6.45) is 0. The Morgan fingerprint density at radius 3 is 2.40 bits per heavy atom. The summed E-state index contributed by atoms with van der Waals surface area (Å²) in [6, 6.07) is 16.9. The van der Waals surface area contributed by atoms with Crippen molar-refractivity contribution < 1.29 is 32.9 Å². The number of halogens is 2. The molecule has 130 valence electrons. The molecule has 3 aromatic rings. The number of hydrogen-bond donors (Lipinski definition) is 1. The molecule has 0 amide bonds. The number of alkyl halides is 2. The Morgan fingerprint density at radius 1 is 1.04 bits per heavy atom. The number of esters is 1. The lowest BCUT2D eigenvalue weighted by molar-refractivity contribution is -0.433. The molecule has 25 heavy (non-hydrogen) atoms. The second-order valence-corrected chi connectivity index (χ2v) is 5.94. The van der Waals surface area contributed by atoms with E-state index in [0.717, 1.165) is 21.5 Å². The summed E-state index contributed by atoms with van der Waals surface area (Å²) < 4.78 is 35.2. The highest BCUT2D eigenvalue weighted by atomic mass is 32.2. The second kappa shape index (κ2) is 7.32. The largest absolute Gasteiger partial charge is 0.456 e. The summed E-state index contributed by atoms with van der Waals surface area (Å²) in [7, 11) is 0. The molecule has 0 radical (unpaired) electrons. The van der Waals surface area contributed by atoms with Crippen LogP contribution in [0.5, 0.6) is 0 Å². The molecule has 0 aromatic heterocycles. The van der Waals surface area contributed by atoms with E-state index in [4.69, 9.17) is 9.99 Å². The minimum absolute atomic E-state index is 0.333. The van der Waals surface area contributed by atoms with Gasteiger partial charge in [0.2, 0.25) is 0 Å². The van der Waals surface area contributed by atoms with E-state index in [1.165, 1.54) is 0 Å². The lowest BCUT2D eigenvalue weighted by Gasteiger charge is -2.14. The Labute approximate surface area is 145 Å². The monoisotopic (exact) mass is 366 g/mol. The van der Waals surface area contributed by atoms with Crippen LogP contribution in [0.15, 0.2) is 54.6 Å². The smallest absolute Gasteiger partial charge is 0.415 e. The Morgan fingerprint density at radius 2 is 1.68 bits per heavy atom. The van der Waals surface area contributed by atoms with E-state index >= 15 is 0 Å². The third-order valence-electron chi connectivity index (χ3n) is 3.62. The lowest BCUT2D eigenvalue weighted by atomic mass is 9.98. The zero-order chi connectivity index (χ0) is 17.9. The molecular formula is C17H12F2O5S. The van der Waals surface area contributed by atoms with Gasteiger partial charge in [0, 0.05) is 0 Å². The Balaban J connectivity index is 1.89. The molecule has 0 unspecified atom stereocenters. The molecule has 0 heterocycles. The molecule has 0 spiro atoms. The normalized spacial score (nSPS) is 11.8. The first-order valence-electron chi connectivity index (χ1n) is 7.13. The second-order valence-electron chi connectivity index (χ2n) is 5.12. The van der Waals surface area contributed by atoms with Crippen molar-refractivity contribution in [3.05, 3.63) is 60.2 Å². The standard InChI is InChI=1S/C17H12F2O5S/c18-17(19,25-24-23-21)16(20)22-10-12-9-11-5-1-2-6-13(11)15-8-4-3-7-14(12)15/h1-9,21H,10H2. The maximum Gasteiger partial charge on any atom is 0.415 e. The van der Waals surface area contributed by atoms with Crippen molar-refractivity contribution >= 4 is 39.6 Å². The Bertz CT molecular complexity index is 916. The maximum atomic E-state index is 13.4. The van der Waals surface area contributed by atoms with Crippen LogP contribution in [0.25, 0.3) is 21.5 Å². The summed E-state index contributed by atoms with van der Waals surface area (Å²) in [6.45, 7) is -0.333. The number of hydrogen-bond acceptors (Lipinski definition) is 6. The highest BCUT2D eigenvalue weighted by Gasteiger charge is 2.44. The predicted octanol–water partition coefficient (Wildman–Crippen LogP) is 4.70. The molecule has 0 atom stereocenters. The van der Waals surface area contributed by atoms with Crippen LogP contribution in [0.1, 0.15) is 5.56 Å².